The van der Waals surface area contributed by atoms with Crippen LogP contribution in [-0.4, -0.2) is 17.5 Å². The number of hydrogen-bond acceptors (Lipinski definition) is 4. The van der Waals surface area contributed by atoms with Crippen molar-refractivity contribution in [1.82, 2.24) is 4.98 Å². The Hall–Kier alpha value is -2.37. The van der Waals surface area contributed by atoms with Gasteiger partial charge in [-0.3, -0.25) is 10.1 Å². The quantitative estimate of drug-likeness (QED) is 0.678. The molecule has 0 saturated carbocycles. The zero-order valence-electron chi connectivity index (χ0n) is 13.9. The van der Waals surface area contributed by atoms with Crippen molar-refractivity contribution in [2.45, 2.75) is 13.8 Å². The predicted molar refractivity (Wildman–Crippen MR) is 103 cm³/mol. The summed E-state index contributed by atoms with van der Waals surface area (Å²) >= 11 is 7.28. The third-order valence-electron chi connectivity index (χ3n) is 3.59. The van der Waals surface area contributed by atoms with Crippen molar-refractivity contribution in [3.63, 3.8) is 0 Å². The molecule has 2 aromatic carbocycles. The van der Waals surface area contributed by atoms with Gasteiger partial charge in [-0.15, -0.1) is 11.3 Å². The highest BCUT2D eigenvalue weighted by Crippen LogP contribution is 2.28. The summed E-state index contributed by atoms with van der Waals surface area (Å²) in [5, 5.41) is 5.82. The van der Waals surface area contributed by atoms with Gasteiger partial charge in [0.15, 0.2) is 11.7 Å². The van der Waals surface area contributed by atoms with E-state index >= 15 is 0 Å². The number of aryl methyl sites for hydroxylation is 2. The Kier molecular flexibility index (Phi) is 5.36. The smallest absolute Gasteiger partial charge is 0.264 e. The zero-order valence-corrected chi connectivity index (χ0v) is 15.4. The normalized spacial score (nSPS) is 10.5. The fourth-order valence-electron chi connectivity index (χ4n) is 2.33. The van der Waals surface area contributed by atoms with Crippen molar-refractivity contribution in [3.8, 4) is 17.0 Å². The Balaban J connectivity index is 1.63. The van der Waals surface area contributed by atoms with E-state index in [0.717, 1.165) is 16.8 Å². The maximum Gasteiger partial charge on any atom is 0.264 e. The van der Waals surface area contributed by atoms with Crippen LogP contribution in [0.1, 0.15) is 11.1 Å². The van der Waals surface area contributed by atoms with Crippen LogP contribution in [0.15, 0.2) is 47.8 Å². The first-order valence-electron chi connectivity index (χ1n) is 7.72. The lowest BCUT2D eigenvalue weighted by atomic mass is 10.0. The number of halogens is 1. The van der Waals surface area contributed by atoms with Crippen LogP contribution < -0.4 is 10.1 Å². The summed E-state index contributed by atoms with van der Waals surface area (Å²) in [7, 11) is 0. The summed E-state index contributed by atoms with van der Waals surface area (Å²) in [5.41, 5.74) is 4.26. The number of nitrogens with one attached hydrogen (secondary N) is 1. The molecule has 1 N–H and O–H groups in total. The molecule has 0 fully saturated rings. The monoisotopic (exact) mass is 372 g/mol. The number of hydrogen-bond donors (Lipinski definition) is 1. The molecular formula is C19H17ClN2O2S. The lowest BCUT2D eigenvalue weighted by molar-refractivity contribution is -0.118. The van der Waals surface area contributed by atoms with Crippen LogP contribution in [0.5, 0.6) is 5.75 Å². The highest BCUT2D eigenvalue weighted by molar-refractivity contribution is 7.14. The summed E-state index contributed by atoms with van der Waals surface area (Å²) in [4.78, 5) is 16.5. The number of aromatic nitrogens is 1. The lowest BCUT2D eigenvalue weighted by Gasteiger charge is -2.06. The maximum absolute atomic E-state index is 12.0. The Morgan fingerprint density at radius 2 is 2.08 bits per heavy atom. The number of nitrogens with zero attached hydrogens (tertiary/aromatic N) is 1. The molecule has 1 heterocycles. The van der Waals surface area contributed by atoms with Gasteiger partial charge in [-0.2, -0.15) is 0 Å². The Labute approximate surface area is 155 Å². The summed E-state index contributed by atoms with van der Waals surface area (Å²) in [6.07, 6.45) is 0. The summed E-state index contributed by atoms with van der Waals surface area (Å²) in [6, 6.07) is 13.2. The number of anilines is 1. The highest BCUT2D eigenvalue weighted by atomic mass is 35.5. The van der Waals surface area contributed by atoms with Crippen molar-refractivity contribution in [2.75, 3.05) is 11.9 Å². The number of thiazole rings is 1. The van der Waals surface area contributed by atoms with E-state index in [4.69, 9.17) is 16.3 Å². The van der Waals surface area contributed by atoms with E-state index in [1.54, 1.807) is 24.3 Å². The van der Waals surface area contributed by atoms with Gasteiger partial charge in [-0.1, -0.05) is 35.4 Å². The molecule has 0 bridgehead atoms. The molecule has 1 amide bonds. The van der Waals surface area contributed by atoms with E-state index in [0.29, 0.717) is 15.9 Å². The molecule has 0 radical (unpaired) electrons. The Bertz CT molecular complexity index is 908. The second-order valence-electron chi connectivity index (χ2n) is 5.65. The second kappa shape index (κ2) is 7.68. The van der Waals surface area contributed by atoms with Crippen LogP contribution in [-0.2, 0) is 4.79 Å². The maximum atomic E-state index is 12.0. The van der Waals surface area contributed by atoms with Gasteiger partial charge in [0.05, 0.1) is 5.69 Å². The van der Waals surface area contributed by atoms with E-state index < -0.39 is 0 Å². The van der Waals surface area contributed by atoms with Crippen LogP contribution >= 0.6 is 22.9 Å². The first kappa shape index (κ1) is 17.5. The van der Waals surface area contributed by atoms with Crippen molar-refractivity contribution < 1.29 is 9.53 Å². The first-order chi connectivity index (χ1) is 12.0. The second-order valence-corrected chi connectivity index (χ2v) is 6.95. The number of carbonyl (C=O) groups is 1. The molecule has 1 aromatic heterocycles. The predicted octanol–water partition coefficient (Wildman–Crippen LogP) is 5.10. The highest BCUT2D eigenvalue weighted by Gasteiger charge is 2.10. The molecule has 0 aliphatic rings. The molecule has 0 spiro atoms. The van der Waals surface area contributed by atoms with Crippen molar-refractivity contribution in [2.24, 2.45) is 0 Å². The van der Waals surface area contributed by atoms with Crippen molar-refractivity contribution in [3.05, 3.63) is 64.0 Å². The molecule has 6 heteroatoms. The summed E-state index contributed by atoms with van der Waals surface area (Å²) < 4.78 is 5.43. The first-order valence-corrected chi connectivity index (χ1v) is 8.98. The third kappa shape index (κ3) is 4.59. The molecule has 128 valence electrons. The number of ether oxygens (including phenoxy) is 1. The van der Waals surface area contributed by atoms with Gasteiger partial charge < -0.3 is 4.74 Å². The Morgan fingerprint density at radius 1 is 1.24 bits per heavy atom. The minimum Gasteiger partial charge on any atom is -0.484 e. The number of amides is 1. The number of carbonyl (C=O) groups excluding carboxylic acids is 1. The fraction of sp³-hybridized carbons (Fsp3) is 0.158. The molecule has 0 saturated heterocycles. The topological polar surface area (TPSA) is 51.2 Å². The van der Waals surface area contributed by atoms with Gasteiger partial charge in [0, 0.05) is 16.0 Å². The van der Waals surface area contributed by atoms with Crippen molar-refractivity contribution in [1.29, 1.82) is 0 Å². The molecule has 3 rings (SSSR count). The molecule has 0 atom stereocenters. The van der Waals surface area contributed by atoms with Crippen LogP contribution in [0.25, 0.3) is 11.3 Å². The van der Waals surface area contributed by atoms with Gasteiger partial charge in [0.25, 0.3) is 5.91 Å². The molecule has 0 unspecified atom stereocenters. The molecule has 0 aliphatic heterocycles. The summed E-state index contributed by atoms with van der Waals surface area (Å²) in [5.74, 6) is 0.291. The van der Waals surface area contributed by atoms with Gasteiger partial charge in [0.2, 0.25) is 0 Å². The average molecular weight is 373 g/mol. The number of benzene rings is 2. The van der Waals surface area contributed by atoms with Crippen LogP contribution in [0.4, 0.5) is 5.13 Å². The van der Waals surface area contributed by atoms with Crippen LogP contribution in [0, 0.1) is 13.8 Å². The van der Waals surface area contributed by atoms with Gasteiger partial charge in [-0.25, -0.2) is 4.98 Å². The minimum atomic E-state index is -0.262. The van der Waals surface area contributed by atoms with E-state index in [-0.39, 0.29) is 12.5 Å². The Morgan fingerprint density at radius 3 is 2.88 bits per heavy atom. The standard InChI is InChI=1S/C19H17ClN2O2S/c1-12-6-7-13(2)16(8-12)17-11-25-19(21-17)22-18(23)10-24-15-5-3-4-14(20)9-15/h3-9,11H,10H2,1-2H3,(H,21,22,23). The van der Waals surface area contributed by atoms with Crippen molar-refractivity contribution >= 4 is 34.0 Å². The molecule has 3 aromatic rings. The minimum absolute atomic E-state index is 0.0985. The van der Waals surface area contributed by atoms with E-state index in [1.807, 2.05) is 19.2 Å². The van der Waals surface area contributed by atoms with Crippen LogP contribution in [0.3, 0.4) is 0 Å². The summed E-state index contributed by atoms with van der Waals surface area (Å²) in [6.45, 7) is 4.00. The van der Waals surface area contributed by atoms with Gasteiger partial charge >= 0.3 is 0 Å². The largest absolute Gasteiger partial charge is 0.484 e. The fourth-order valence-corrected chi connectivity index (χ4v) is 3.23. The average Bonchev–Trinajstić information content (AvgIpc) is 3.03. The van der Waals surface area contributed by atoms with E-state index in [9.17, 15) is 4.79 Å². The zero-order chi connectivity index (χ0) is 17.8. The van der Waals surface area contributed by atoms with Gasteiger partial charge in [-0.05, 0) is 43.7 Å². The lowest BCUT2D eigenvalue weighted by Crippen LogP contribution is -2.20. The molecular weight excluding hydrogens is 356 g/mol. The molecule has 4 nitrogen and oxygen atoms in total. The SMILES string of the molecule is Cc1ccc(C)c(-c2csc(NC(=O)COc3cccc(Cl)c3)n2)c1. The number of rotatable bonds is 5. The third-order valence-corrected chi connectivity index (χ3v) is 4.58. The van der Waals surface area contributed by atoms with E-state index in [1.165, 1.54) is 16.9 Å². The molecule has 0 aliphatic carbocycles. The van der Waals surface area contributed by atoms with Gasteiger partial charge in [0.1, 0.15) is 5.75 Å². The molecule has 25 heavy (non-hydrogen) atoms. The van der Waals surface area contributed by atoms with Crippen LogP contribution in [0.2, 0.25) is 5.02 Å². The van der Waals surface area contributed by atoms with E-state index in [2.05, 4.69) is 28.5 Å².